The predicted octanol–water partition coefficient (Wildman–Crippen LogP) is 2.77. The van der Waals surface area contributed by atoms with Crippen molar-refractivity contribution in [3.8, 4) is 17.2 Å². The third-order valence-electron chi connectivity index (χ3n) is 2.01. The molecule has 0 bridgehead atoms. The zero-order chi connectivity index (χ0) is 13.5. The van der Waals surface area contributed by atoms with Crippen LogP contribution < -0.4 is 14.2 Å². The molecule has 97 valence electrons. The molecule has 0 aliphatic heterocycles. The summed E-state index contributed by atoms with van der Waals surface area (Å²) in [5.41, 5.74) is 0.322. The number of carbonyl (C=O) groups is 1. The van der Waals surface area contributed by atoms with Crippen molar-refractivity contribution in [3.05, 3.63) is 30.4 Å². The second-order valence-electron chi connectivity index (χ2n) is 3.54. The van der Waals surface area contributed by atoms with Gasteiger partial charge in [-0.2, -0.15) is 0 Å². The van der Waals surface area contributed by atoms with Gasteiger partial charge in [0.1, 0.15) is 0 Å². The summed E-state index contributed by atoms with van der Waals surface area (Å²) in [5, 5.41) is 0. The monoisotopic (exact) mass is 249 g/mol. The first-order chi connectivity index (χ1) is 8.60. The number of esters is 1. The van der Waals surface area contributed by atoms with Crippen molar-refractivity contribution in [2.45, 2.75) is 20.8 Å². The molecule has 0 amide bonds. The number of benzene rings is 1. The maximum atomic E-state index is 11.5. The lowest BCUT2D eigenvalue weighted by Gasteiger charge is -2.14. The van der Waals surface area contributed by atoms with Gasteiger partial charge in [-0.3, -0.25) is 0 Å². The summed E-state index contributed by atoms with van der Waals surface area (Å²) in [6.07, 6.45) is 0. The highest BCUT2D eigenvalue weighted by atomic mass is 16.6. The number of hydrogen-bond acceptors (Lipinski definition) is 4. The molecule has 1 rings (SSSR count). The third-order valence-corrected chi connectivity index (χ3v) is 2.01. The van der Waals surface area contributed by atoms with Gasteiger partial charge < -0.3 is 14.2 Å². The van der Waals surface area contributed by atoms with Gasteiger partial charge in [0.2, 0.25) is 5.75 Å². The van der Waals surface area contributed by atoms with E-state index in [1.165, 1.54) is 0 Å². The molecule has 1 radical (unpaired) electrons. The van der Waals surface area contributed by atoms with Gasteiger partial charge in [0, 0.05) is 11.6 Å². The quantitative estimate of drug-likeness (QED) is 0.442. The van der Waals surface area contributed by atoms with Crippen molar-refractivity contribution in [2.24, 2.45) is 0 Å². The van der Waals surface area contributed by atoms with Gasteiger partial charge in [-0.1, -0.05) is 6.58 Å². The Balaban J connectivity index is 3.05. The van der Waals surface area contributed by atoms with E-state index in [1.807, 2.05) is 13.8 Å². The molecule has 1 aromatic rings. The summed E-state index contributed by atoms with van der Waals surface area (Å²) in [7, 11) is 0. The Morgan fingerprint density at radius 1 is 1.33 bits per heavy atom. The van der Waals surface area contributed by atoms with Gasteiger partial charge in [0.15, 0.2) is 11.5 Å². The van der Waals surface area contributed by atoms with Crippen LogP contribution in [-0.4, -0.2) is 19.2 Å². The standard InChI is InChI=1S/C14H17O4/c1-5-16-11-8-7-9-12(13(11)17-6-2)18-14(15)10(3)4/h7,9H,3,5-6H2,1-2,4H3. The third kappa shape index (κ3) is 3.52. The molecule has 0 heterocycles. The molecule has 18 heavy (non-hydrogen) atoms. The normalized spacial score (nSPS) is 9.72. The molecule has 0 aliphatic rings. The maximum Gasteiger partial charge on any atom is 0.338 e. The Bertz CT molecular complexity index is 437. The molecule has 0 spiro atoms. The lowest BCUT2D eigenvalue weighted by molar-refractivity contribution is -0.130. The van der Waals surface area contributed by atoms with Crippen LogP contribution in [-0.2, 0) is 4.79 Å². The van der Waals surface area contributed by atoms with E-state index < -0.39 is 5.97 Å². The summed E-state index contributed by atoms with van der Waals surface area (Å²) in [5.74, 6) is 0.638. The zero-order valence-electron chi connectivity index (χ0n) is 10.9. The van der Waals surface area contributed by atoms with Crippen LogP contribution >= 0.6 is 0 Å². The van der Waals surface area contributed by atoms with Crippen LogP contribution in [0.1, 0.15) is 20.8 Å². The second kappa shape index (κ2) is 6.69. The van der Waals surface area contributed by atoms with Gasteiger partial charge >= 0.3 is 5.97 Å². The van der Waals surface area contributed by atoms with E-state index in [0.29, 0.717) is 36.0 Å². The number of carbonyl (C=O) groups excluding carboxylic acids is 1. The number of rotatable bonds is 6. The fourth-order valence-electron chi connectivity index (χ4n) is 1.25. The van der Waals surface area contributed by atoms with E-state index in [1.54, 1.807) is 19.1 Å². The van der Waals surface area contributed by atoms with Crippen LogP contribution in [0.15, 0.2) is 24.3 Å². The van der Waals surface area contributed by atoms with Gasteiger partial charge in [-0.25, -0.2) is 4.79 Å². The molecule has 4 heteroatoms. The van der Waals surface area contributed by atoms with Crippen LogP contribution in [0.2, 0.25) is 0 Å². The van der Waals surface area contributed by atoms with Crippen LogP contribution in [0.4, 0.5) is 0 Å². The largest absolute Gasteiger partial charge is 0.489 e. The van der Waals surface area contributed by atoms with Gasteiger partial charge in [0.05, 0.1) is 13.2 Å². The summed E-state index contributed by atoms with van der Waals surface area (Å²) in [6.45, 7) is 9.73. The fraction of sp³-hybridized carbons (Fsp3) is 0.357. The van der Waals surface area contributed by atoms with Crippen molar-refractivity contribution in [1.29, 1.82) is 0 Å². The van der Waals surface area contributed by atoms with Crippen LogP contribution in [0.5, 0.6) is 17.2 Å². The smallest absolute Gasteiger partial charge is 0.338 e. The Morgan fingerprint density at radius 2 is 2.00 bits per heavy atom. The molecule has 0 saturated heterocycles. The molecule has 0 aromatic heterocycles. The predicted molar refractivity (Wildman–Crippen MR) is 68.1 cm³/mol. The molecule has 0 unspecified atom stereocenters. The van der Waals surface area contributed by atoms with E-state index in [0.717, 1.165) is 0 Å². The zero-order valence-corrected chi connectivity index (χ0v) is 10.9. The van der Waals surface area contributed by atoms with Crippen molar-refractivity contribution in [2.75, 3.05) is 13.2 Å². The topological polar surface area (TPSA) is 44.8 Å². The van der Waals surface area contributed by atoms with E-state index in [-0.39, 0.29) is 0 Å². The van der Waals surface area contributed by atoms with Crippen molar-refractivity contribution < 1.29 is 19.0 Å². The maximum absolute atomic E-state index is 11.5. The summed E-state index contributed by atoms with van der Waals surface area (Å²) >= 11 is 0. The van der Waals surface area contributed by atoms with Gasteiger partial charge in [0.25, 0.3) is 0 Å². The highest BCUT2D eigenvalue weighted by Crippen LogP contribution is 2.37. The highest BCUT2D eigenvalue weighted by Gasteiger charge is 2.15. The second-order valence-corrected chi connectivity index (χ2v) is 3.54. The Morgan fingerprint density at radius 3 is 2.56 bits per heavy atom. The van der Waals surface area contributed by atoms with Gasteiger partial charge in [-0.05, 0) is 32.9 Å². The molecule has 0 aliphatic carbocycles. The lowest BCUT2D eigenvalue weighted by Crippen LogP contribution is -2.10. The first-order valence-corrected chi connectivity index (χ1v) is 5.78. The van der Waals surface area contributed by atoms with E-state index in [4.69, 9.17) is 14.2 Å². The summed E-state index contributed by atoms with van der Waals surface area (Å²) in [6, 6.07) is 6.13. The average molecular weight is 249 g/mol. The van der Waals surface area contributed by atoms with Crippen LogP contribution in [0.3, 0.4) is 0 Å². The van der Waals surface area contributed by atoms with Crippen LogP contribution in [0.25, 0.3) is 0 Å². The van der Waals surface area contributed by atoms with Crippen LogP contribution in [0, 0.1) is 6.07 Å². The number of ether oxygens (including phenoxy) is 3. The Hall–Kier alpha value is -1.97. The molecule has 4 nitrogen and oxygen atoms in total. The van der Waals surface area contributed by atoms with E-state index in [9.17, 15) is 4.79 Å². The molecule has 0 N–H and O–H groups in total. The van der Waals surface area contributed by atoms with Gasteiger partial charge in [-0.15, -0.1) is 0 Å². The van der Waals surface area contributed by atoms with E-state index >= 15 is 0 Å². The fourth-order valence-corrected chi connectivity index (χ4v) is 1.25. The number of hydrogen-bond donors (Lipinski definition) is 0. The first-order valence-electron chi connectivity index (χ1n) is 5.78. The Kier molecular flexibility index (Phi) is 5.24. The molecule has 0 fully saturated rings. The summed E-state index contributed by atoms with van der Waals surface area (Å²) < 4.78 is 16.0. The molecule has 1 aromatic carbocycles. The van der Waals surface area contributed by atoms with Crippen molar-refractivity contribution in [3.63, 3.8) is 0 Å². The van der Waals surface area contributed by atoms with Crippen molar-refractivity contribution in [1.82, 2.24) is 0 Å². The minimum Gasteiger partial charge on any atom is -0.489 e. The van der Waals surface area contributed by atoms with Crippen molar-refractivity contribution >= 4 is 5.97 Å². The minimum absolute atomic E-state index is 0.312. The minimum atomic E-state index is -0.496. The first kappa shape index (κ1) is 14.1. The average Bonchev–Trinajstić information content (AvgIpc) is 2.33. The van der Waals surface area contributed by atoms with E-state index in [2.05, 4.69) is 12.6 Å². The SMILES string of the molecule is C=C(C)C(=O)Oc1cc[c]c(OCC)c1OCC. The lowest BCUT2D eigenvalue weighted by atomic mass is 10.3. The highest BCUT2D eigenvalue weighted by molar-refractivity contribution is 5.89. The summed E-state index contributed by atoms with van der Waals surface area (Å²) in [4.78, 5) is 11.5. The molecular weight excluding hydrogens is 232 g/mol. The molecule has 0 saturated carbocycles. The molecular formula is C14H17O4. The Labute approximate surface area is 107 Å². The molecule has 0 atom stereocenters.